The predicted octanol–water partition coefficient (Wildman–Crippen LogP) is 4.86. The molecule has 2 aliphatic heterocycles. The second-order valence-electron chi connectivity index (χ2n) is 6.84. The first-order chi connectivity index (χ1) is 12.7. The fraction of sp³-hybridized carbons (Fsp3) is 0.286. The first-order valence-corrected chi connectivity index (χ1v) is 9.86. The van der Waals surface area contributed by atoms with Crippen LogP contribution in [0.5, 0.6) is 5.75 Å². The highest BCUT2D eigenvalue weighted by molar-refractivity contribution is 8.00. The van der Waals surface area contributed by atoms with Gasteiger partial charge in [0.15, 0.2) is 0 Å². The zero-order valence-corrected chi connectivity index (χ0v) is 15.7. The highest BCUT2D eigenvalue weighted by Gasteiger charge is 2.39. The van der Waals surface area contributed by atoms with E-state index >= 15 is 0 Å². The molecule has 0 aliphatic carbocycles. The number of benzene rings is 2. The van der Waals surface area contributed by atoms with Crippen molar-refractivity contribution in [1.29, 1.82) is 0 Å². The Kier molecular flexibility index (Phi) is 3.71. The van der Waals surface area contributed by atoms with E-state index in [2.05, 4.69) is 65.5 Å². The number of para-hydroxylation sites is 2. The number of anilines is 1. The molecule has 5 heteroatoms. The molecule has 4 nitrogen and oxygen atoms in total. The average Bonchev–Trinajstić information content (AvgIpc) is 3.21. The van der Waals surface area contributed by atoms with Crippen molar-refractivity contribution in [3.05, 3.63) is 71.5 Å². The Labute approximate surface area is 157 Å². The number of aryl methyl sites for hydroxylation is 1. The molecular formula is C21H21N3OS. The van der Waals surface area contributed by atoms with Crippen molar-refractivity contribution in [3.63, 3.8) is 0 Å². The second kappa shape index (κ2) is 6.09. The normalized spacial score (nSPS) is 21.2. The van der Waals surface area contributed by atoms with Crippen LogP contribution in [0.3, 0.4) is 0 Å². The predicted molar refractivity (Wildman–Crippen MR) is 105 cm³/mol. The van der Waals surface area contributed by atoms with Crippen LogP contribution in [0.2, 0.25) is 0 Å². The van der Waals surface area contributed by atoms with Crippen molar-refractivity contribution in [3.8, 4) is 5.75 Å². The molecule has 3 aromatic rings. The maximum atomic E-state index is 5.92. The summed E-state index contributed by atoms with van der Waals surface area (Å²) in [5.74, 6) is 1.01. The highest BCUT2D eigenvalue weighted by atomic mass is 32.2. The van der Waals surface area contributed by atoms with Gasteiger partial charge in [-0.3, -0.25) is 4.68 Å². The van der Waals surface area contributed by atoms with Crippen molar-refractivity contribution in [2.75, 3.05) is 11.5 Å². The smallest absolute Gasteiger partial charge is 0.124 e. The van der Waals surface area contributed by atoms with Gasteiger partial charge in [-0.15, -0.1) is 0 Å². The molecule has 0 amide bonds. The van der Waals surface area contributed by atoms with E-state index in [9.17, 15) is 0 Å². The van der Waals surface area contributed by atoms with Gasteiger partial charge in [-0.1, -0.05) is 42.1 Å². The SMILES string of the molecule is Cc1c([C@@H]2Sc3ccccc3N2C2CCOc3ccccc32)cnn1C. The summed E-state index contributed by atoms with van der Waals surface area (Å²) in [6.45, 7) is 2.91. The Balaban J connectivity index is 1.65. The van der Waals surface area contributed by atoms with Gasteiger partial charge in [-0.25, -0.2) is 0 Å². The number of aromatic nitrogens is 2. The van der Waals surface area contributed by atoms with E-state index < -0.39 is 0 Å². The second-order valence-corrected chi connectivity index (χ2v) is 7.97. The molecule has 5 rings (SSSR count). The van der Waals surface area contributed by atoms with E-state index in [1.807, 2.05) is 29.7 Å². The topological polar surface area (TPSA) is 30.3 Å². The molecular weight excluding hydrogens is 342 g/mol. The van der Waals surface area contributed by atoms with Crippen LogP contribution in [0, 0.1) is 6.92 Å². The van der Waals surface area contributed by atoms with Crippen LogP contribution in [0.1, 0.15) is 34.7 Å². The fourth-order valence-electron chi connectivity index (χ4n) is 3.99. The first-order valence-electron chi connectivity index (χ1n) is 8.98. The van der Waals surface area contributed by atoms with Gasteiger partial charge >= 0.3 is 0 Å². The zero-order chi connectivity index (χ0) is 17.7. The molecule has 132 valence electrons. The minimum atomic E-state index is 0.234. The number of rotatable bonds is 2. The summed E-state index contributed by atoms with van der Waals surface area (Å²) in [6.07, 6.45) is 3.01. The lowest BCUT2D eigenvalue weighted by molar-refractivity contribution is 0.263. The molecule has 1 unspecified atom stereocenters. The van der Waals surface area contributed by atoms with Gasteiger partial charge in [0, 0.05) is 35.2 Å². The van der Waals surface area contributed by atoms with Crippen molar-refractivity contribution in [1.82, 2.24) is 9.78 Å². The maximum absolute atomic E-state index is 5.92. The Morgan fingerprint density at radius 2 is 1.88 bits per heavy atom. The van der Waals surface area contributed by atoms with Gasteiger partial charge in [0.05, 0.1) is 24.5 Å². The van der Waals surface area contributed by atoms with Crippen molar-refractivity contribution in [2.45, 2.75) is 29.7 Å². The standard InChI is InChI=1S/C21H21N3OS/c1-14-16(13-22-23(14)2)21-24(18-8-4-6-10-20(18)26-21)17-11-12-25-19-9-5-3-7-15(17)19/h3-10,13,17,21H,11-12H2,1-2H3/t17?,21-/m0/s1. The molecule has 0 saturated heterocycles. The summed E-state index contributed by atoms with van der Waals surface area (Å²) in [6, 6.07) is 17.5. The van der Waals surface area contributed by atoms with Crippen LogP contribution in [-0.4, -0.2) is 16.4 Å². The van der Waals surface area contributed by atoms with Crippen molar-refractivity contribution < 1.29 is 4.74 Å². The summed E-state index contributed by atoms with van der Waals surface area (Å²) in [5, 5.41) is 4.73. The Hall–Kier alpha value is -2.40. The lowest BCUT2D eigenvalue weighted by Crippen LogP contribution is -2.32. The molecule has 0 saturated carbocycles. The summed E-state index contributed by atoms with van der Waals surface area (Å²) >= 11 is 1.92. The van der Waals surface area contributed by atoms with Crippen LogP contribution in [-0.2, 0) is 7.05 Å². The molecule has 0 spiro atoms. The Bertz CT molecular complexity index is 967. The number of fused-ring (bicyclic) bond motifs is 2. The summed E-state index contributed by atoms with van der Waals surface area (Å²) in [7, 11) is 2.01. The average molecular weight is 363 g/mol. The van der Waals surface area contributed by atoms with Crippen molar-refractivity contribution >= 4 is 17.4 Å². The minimum absolute atomic E-state index is 0.234. The third-order valence-electron chi connectivity index (χ3n) is 5.44. The lowest BCUT2D eigenvalue weighted by atomic mass is 9.97. The van der Waals surface area contributed by atoms with E-state index in [1.165, 1.54) is 27.4 Å². The van der Waals surface area contributed by atoms with E-state index in [0.29, 0.717) is 6.04 Å². The van der Waals surface area contributed by atoms with Gasteiger partial charge in [-0.2, -0.15) is 5.10 Å². The molecule has 2 atom stereocenters. The maximum Gasteiger partial charge on any atom is 0.124 e. The van der Waals surface area contributed by atoms with Crippen molar-refractivity contribution in [2.24, 2.45) is 7.05 Å². The molecule has 3 heterocycles. The molecule has 0 N–H and O–H groups in total. The number of ether oxygens (including phenoxy) is 1. The highest BCUT2D eigenvalue weighted by Crippen LogP contribution is 2.56. The Morgan fingerprint density at radius 1 is 1.08 bits per heavy atom. The van der Waals surface area contributed by atoms with Gasteiger partial charge in [0.2, 0.25) is 0 Å². The molecule has 26 heavy (non-hydrogen) atoms. The number of hydrogen-bond acceptors (Lipinski definition) is 4. The lowest BCUT2D eigenvalue weighted by Gasteiger charge is -2.38. The van der Waals surface area contributed by atoms with Crippen LogP contribution in [0.25, 0.3) is 0 Å². The third kappa shape index (κ3) is 2.34. The van der Waals surface area contributed by atoms with Gasteiger partial charge < -0.3 is 9.64 Å². The quantitative estimate of drug-likeness (QED) is 0.650. The van der Waals surface area contributed by atoms with E-state index in [0.717, 1.165) is 18.8 Å². The number of nitrogens with zero attached hydrogens (tertiary/aromatic N) is 3. The first kappa shape index (κ1) is 15.8. The molecule has 2 aromatic carbocycles. The van der Waals surface area contributed by atoms with Crippen LogP contribution in [0.15, 0.2) is 59.6 Å². The summed E-state index contributed by atoms with van der Waals surface area (Å²) < 4.78 is 7.89. The van der Waals surface area contributed by atoms with Gasteiger partial charge in [-0.05, 0) is 25.1 Å². The monoisotopic (exact) mass is 363 g/mol. The molecule has 0 radical (unpaired) electrons. The number of hydrogen-bond donors (Lipinski definition) is 0. The molecule has 0 fully saturated rings. The van der Waals surface area contributed by atoms with E-state index in [4.69, 9.17) is 4.74 Å². The van der Waals surface area contributed by atoms with Gasteiger partial charge in [0.1, 0.15) is 11.1 Å². The Morgan fingerprint density at radius 3 is 2.73 bits per heavy atom. The minimum Gasteiger partial charge on any atom is -0.493 e. The molecule has 1 aromatic heterocycles. The van der Waals surface area contributed by atoms with E-state index in [-0.39, 0.29) is 5.37 Å². The van der Waals surface area contributed by atoms with Crippen LogP contribution in [0.4, 0.5) is 5.69 Å². The zero-order valence-electron chi connectivity index (χ0n) is 14.9. The number of thioether (sulfide) groups is 1. The fourth-order valence-corrected chi connectivity index (χ4v) is 5.41. The largest absolute Gasteiger partial charge is 0.493 e. The molecule has 0 bridgehead atoms. The van der Waals surface area contributed by atoms with Crippen LogP contribution < -0.4 is 9.64 Å². The summed E-state index contributed by atoms with van der Waals surface area (Å²) in [4.78, 5) is 3.91. The van der Waals surface area contributed by atoms with Gasteiger partial charge in [0.25, 0.3) is 0 Å². The molecule has 2 aliphatic rings. The van der Waals surface area contributed by atoms with Crippen LogP contribution >= 0.6 is 11.8 Å². The third-order valence-corrected chi connectivity index (χ3v) is 6.74. The summed E-state index contributed by atoms with van der Waals surface area (Å²) in [5.41, 5.74) is 5.10. The van der Waals surface area contributed by atoms with E-state index in [1.54, 1.807) is 0 Å².